The van der Waals surface area contributed by atoms with Crippen LogP contribution in [0.15, 0.2) is 43.0 Å². The first-order chi connectivity index (χ1) is 7.29. The number of hydrogen-bond acceptors (Lipinski definition) is 2. The van der Waals surface area contributed by atoms with E-state index in [2.05, 4.69) is 6.58 Å². The van der Waals surface area contributed by atoms with Gasteiger partial charge in [0.15, 0.2) is 5.78 Å². The molecule has 0 aliphatic rings. The van der Waals surface area contributed by atoms with E-state index in [1.807, 2.05) is 37.3 Å². The summed E-state index contributed by atoms with van der Waals surface area (Å²) in [4.78, 5) is 11.7. The van der Waals surface area contributed by atoms with Crippen LogP contribution in [0, 0.1) is 0 Å². The smallest absolute Gasteiger partial charge is 0.169 e. The number of ether oxygens (including phenoxy) is 1. The minimum Gasteiger partial charge on any atom is -0.366 e. The topological polar surface area (TPSA) is 26.3 Å². The summed E-state index contributed by atoms with van der Waals surface area (Å²) in [5.74, 6) is 0.0537. The Kier molecular flexibility index (Phi) is 4.78. The van der Waals surface area contributed by atoms with E-state index >= 15 is 0 Å². The minimum absolute atomic E-state index is 0.0537. The molecule has 0 aliphatic heterocycles. The molecule has 80 valence electrons. The van der Waals surface area contributed by atoms with Crippen molar-refractivity contribution in [1.29, 1.82) is 0 Å². The number of ketones is 1. The monoisotopic (exact) mass is 204 g/mol. The zero-order chi connectivity index (χ0) is 11.1. The third kappa shape index (κ3) is 3.33. The van der Waals surface area contributed by atoms with Crippen molar-refractivity contribution in [2.24, 2.45) is 0 Å². The maximum absolute atomic E-state index is 11.7. The molecule has 0 aromatic heterocycles. The van der Waals surface area contributed by atoms with Gasteiger partial charge in [0.05, 0.1) is 0 Å². The van der Waals surface area contributed by atoms with Gasteiger partial charge in [-0.15, -0.1) is 6.58 Å². The van der Waals surface area contributed by atoms with Crippen LogP contribution in [0.5, 0.6) is 0 Å². The van der Waals surface area contributed by atoms with Gasteiger partial charge in [0, 0.05) is 13.0 Å². The van der Waals surface area contributed by atoms with Gasteiger partial charge in [0.1, 0.15) is 6.10 Å². The average molecular weight is 204 g/mol. The largest absolute Gasteiger partial charge is 0.366 e. The van der Waals surface area contributed by atoms with E-state index in [1.54, 1.807) is 6.08 Å². The molecule has 0 spiro atoms. The Bertz CT molecular complexity index is 317. The van der Waals surface area contributed by atoms with Crippen LogP contribution in [0.4, 0.5) is 0 Å². The summed E-state index contributed by atoms with van der Waals surface area (Å²) < 4.78 is 5.45. The van der Waals surface area contributed by atoms with Crippen molar-refractivity contribution < 1.29 is 9.53 Å². The van der Waals surface area contributed by atoms with Crippen molar-refractivity contribution in [3.8, 4) is 0 Å². The number of Topliss-reactive ketones (excluding diaryl/α,β-unsaturated/α-hetero) is 1. The molecule has 1 unspecified atom stereocenters. The molecule has 0 saturated heterocycles. The number of rotatable bonds is 6. The highest BCUT2D eigenvalue weighted by molar-refractivity contribution is 5.85. The number of hydrogen-bond donors (Lipinski definition) is 0. The molecule has 1 atom stereocenters. The Morgan fingerprint density at radius 2 is 2.13 bits per heavy atom. The van der Waals surface area contributed by atoms with Crippen LogP contribution in [-0.4, -0.2) is 12.4 Å². The highest BCUT2D eigenvalue weighted by Gasteiger charge is 2.18. The number of benzene rings is 1. The van der Waals surface area contributed by atoms with Crippen LogP contribution < -0.4 is 0 Å². The Hall–Kier alpha value is -1.41. The summed E-state index contributed by atoms with van der Waals surface area (Å²) in [5, 5.41) is 0. The summed E-state index contributed by atoms with van der Waals surface area (Å²) in [6.45, 7) is 5.98. The molecule has 15 heavy (non-hydrogen) atoms. The van der Waals surface area contributed by atoms with Gasteiger partial charge in [-0.2, -0.15) is 0 Å². The van der Waals surface area contributed by atoms with Crippen molar-refractivity contribution in [2.75, 3.05) is 6.61 Å². The maximum atomic E-state index is 11.7. The van der Waals surface area contributed by atoms with Crippen LogP contribution in [0.25, 0.3) is 0 Å². The summed E-state index contributed by atoms with van der Waals surface area (Å²) in [6, 6.07) is 9.54. The van der Waals surface area contributed by atoms with Crippen molar-refractivity contribution >= 4 is 5.78 Å². The molecule has 0 radical (unpaired) electrons. The molecule has 1 rings (SSSR count). The minimum atomic E-state index is -0.450. The highest BCUT2D eigenvalue weighted by Crippen LogP contribution is 2.19. The standard InChI is InChI=1S/C13H16O2/c1-3-8-12(14)13(15-4-2)11-9-6-5-7-10-11/h3,5-7,9-10,13H,1,4,8H2,2H3. The van der Waals surface area contributed by atoms with E-state index in [4.69, 9.17) is 4.74 Å². The lowest BCUT2D eigenvalue weighted by atomic mass is 10.0. The van der Waals surface area contributed by atoms with Crippen molar-refractivity contribution in [2.45, 2.75) is 19.4 Å². The van der Waals surface area contributed by atoms with Gasteiger partial charge in [-0.05, 0) is 12.5 Å². The predicted molar refractivity (Wildman–Crippen MR) is 60.6 cm³/mol. The van der Waals surface area contributed by atoms with Crippen molar-refractivity contribution in [1.82, 2.24) is 0 Å². The van der Waals surface area contributed by atoms with E-state index in [-0.39, 0.29) is 5.78 Å². The molecular formula is C13H16O2. The lowest BCUT2D eigenvalue weighted by molar-refractivity contribution is -0.129. The molecule has 0 heterocycles. The van der Waals surface area contributed by atoms with Crippen molar-refractivity contribution in [3.63, 3.8) is 0 Å². The highest BCUT2D eigenvalue weighted by atomic mass is 16.5. The Labute approximate surface area is 90.6 Å². The fourth-order valence-corrected chi connectivity index (χ4v) is 1.42. The maximum Gasteiger partial charge on any atom is 0.169 e. The first kappa shape index (κ1) is 11.7. The van der Waals surface area contributed by atoms with Gasteiger partial charge in [-0.3, -0.25) is 4.79 Å². The average Bonchev–Trinajstić information content (AvgIpc) is 2.27. The van der Waals surface area contributed by atoms with E-state index < -0.39 is 6.10 Å². The molecule has 0 N–H and O–H groups in total. The van der Waals surface area contributed by atoms with Crippen LogP contribution in [0.3, 0.4) is 0 Å². The summed E-state index contributed by atoms with van der Waals surface area (Å²) in [5.41, 5.74) is 0.909. The molecule has 0 bridgehead atoms. The summed E-state index contributed by atoms with van der Waals surface area (Å²) >= 11 is 0. The SMILES string of the molecule is C=CCC(=O)C(OCC)c1ccccc1. The predicted octanol–water partition coefficient (Wildman–Crippen LogP) is 2.91. The van der Waals surface area contributed by atoms with Gasteiger partial charge < -0.3 is 4.74 Å². The second-order valence-corrected chi connectivity index (χ2v) is 3.21. The molecular weight excluding hydrogens is 188 g/mol. The number of carbonyl (C=O) groups excluding carboxylic acids is 1. The lowest BCUT2D eigenvalue weighted by Crippen LogP contribution is -2.15. The fraction of sp³-hybridized carbons (Fsp3) is 0.308. The van der Waals surface area contributed by atoms with E-state index in [0.29, 0.717) is 13.0 Å². The third-order valence-corrected chi connectivity index (χ3v) is 2.07. The van der Waals surface area contributed by atoms with Crippen LogP contribution in [-0.2, 0) is 9.53 Å². The Morgan fingerprint density at radius 3 is 2.67 bits per heavy atom. The fourth-order valence-electron chi connectivity index (χ4n) is 1.42. The molecule has 0 amide bonds. The number of allylic oxidation sites excluding steroid dienone is 1. The second-order valence-electron chi connectivity index (χ2n) is 3.21. The van der Waals surface area contributed by atoms with Crippen LogP contribution in [0.2, 0.25) is 0 Å². The van der Waals surface area contributed by atoms with Crippen LogP contribution in [0.1, 0.15) is 25.0 Å². The molecule has 2 nitrogen and oxygen atoms in total. The zero-order valence-electron chi connectivity index (χ0n) is 8.98. The van der Waals surface area contributed by atoms with Gasteiger partial charge >= 0.3 is 0 Å². The van der Waals surface area contributed by atoms with Gasteiger partial charge in [0.2, 0.25) is 0 Å². The normalized spacial score (nSPS) is 12.1. The van der Waals surface area contributed by atoms with E-state index in [9.17, 15) is 4.79 Å². The molecule has 0 aliphatic carbocycles. The van der Waals surface area contributed by atoms with Gasteiger partial charge in [-0.1, -0.05) is 36.4 Å². The molecule has 0 saturated carbocycles. The Balaban J connectivity index is 2.82. The molecule has 1 aromatic carbocycles. The molecule has 2 heteroatoms. The lowest BCUT2D eigenvalue weighted by Gasteiger charge is -2.15. The molecule has 1 aromatic rings. The first-order valence-electron chi connectivity index (χ1n) is 5.09. The zero-order valence-corrected chi connectivity index (χ0v) is 8.98. The summed E-state index contributed by atoms with van der Waals surface area (Å²) in [7, 11) is 0. The third-order valence-electron chi connectivity index (χ3n) is 2.07. The second kappa shape index (κ2) is 6.14. The quantitative estimate of drug-likeness (QED) is 0.666. The van der Waals surface area contributed by atoms with E-state index in [1.165, 1.54) is 0 Å². The van der Waals surface area contributed by atoms with Crippen molar-refractivity contribution in [3.05, 3.63) is 48.6 Å². The first-order valence-corrected chi connectivity index (χ1v) is 5.09. The summed E-state index contributed by atoms with van der Waals surface area (Å²) in [6.07, 6.45) is 1.51. The Morgan fingerprint density at radius 1 is 1.47 bits per heavy atom. The van der Waals surface area contributed by atoms with Gasteiger partial charge in [-0.25, -0.2) is 0 Å². The molecule has 0 fully saturated rings. The number of carbonyl (C=O) groups is 1. The van der Waals surface area contributed by atoms with Gasteiger partial charge in [0.25, 0.3) is 0 Å². The van der Waals surface area contributed by atoms with Crippen LogP contribution >= 0.6 is 0 Å². The van der Waals surface area contributed by atoms with E-state index in [0.717, 1.165) is 5.56 Å².